The van der Waals surface area contributed by atoms with E-state index in [1.54, 1.807) is 0 Å². The second kappa shape index (κ2) is 22.7. The Morgan fingerprint density at radius 2 is 0.903 bits per heavy atom. The molecule has 0 aliphatic rings. The van der Waals surface area contributed by atoms with Gasteiger partial charge >= 0.3 is 5.97 Å². The van der Waals surface area contributed by atoms with E-state index in [2.05, 4.69) is 27.7 Å². The maximum atomic E-state index is 12.8. The summed E-state index contributed by atoms with van der Waals surface area (Å²) in [4.78, 5) is 12.8. The van der Waals surface area contributed by atoms with Gasteiger partial charge in [0.2, 0.25) is 0 Å². The van der Waals surface area contributed by atoms with Crippen LogP contribution < -0.4 is 0 Å². The predicted octanol–water partition coefficient (Wildman–Crippen LogP) is 10.2. The number of hydrogen-bond donors (Lipinski definition) is 0. The van der Waals surface area contributed by atoms with E-state index in [9.17, 15) is 4.79 Å². The van der Waals surface area contributed by atoms with E-state index in [0.29, 0.717) is 6.61 Å². The molecule has 0 aliphatic carbocycles. The number of ether oxygens (including phenoxy) is 1. The summed E-state index contributed by atoms with van der Waals surface area (Å²) in [7, 11) is 0. The smallest absolute Gasteiger partial charge is 0.311 e. The molecule has 0 aromatic heterocycles. The van der Waals surface area contributed by atoms with Crippen molar-refractivity contribution in [2.45, 2.75) is 169 Å². The van der Waals surface area contributed by atoms with Crippen molar-refractivity contribution in [3.63, 3.8) is 0 Å². The molecule has 2 nitrogen and oxygen atoms in total. The maximum Gasteiger partial charge on any atom is 0.311 e. The summed E-state index contributed by atoms with van der Waals surface area (Å²) in [5.74, 6) is 0.0600. The number of carbonyl (C=O) groups is 1. The molecular formula is C29H58O2. The van der Waals surface area contributed by atoms with Crippen LogP contribution >= 0.6 is 0 Å². The first kappa shape index (κ1) is 30.5. The summed E-state index contributed by atoms with van der Waals surface area (Å²) < 4.78 is 5.72. The van der Waals surface area contributed by atoms with Crippen molar-refractivity contribution in [3.8, 4) is 0 Å². The first-order chi connectivity index (χ1) is 15.1. The minimum Gasteiger partial charge on any atom is -0.465 e. The molecule has 0 aromatic carbocycles. The van der Waals surface area contributed by atoms with Gasteiger partial charge in [-0.05, 0) is 26.2 Å². The Bertz CT molecular complexity index is 379. The zero-order valence-corrected chi connectivity index (χ0v) is 22.1. The molecule has 31 heavy (non-hydrogen) atoms. The van der Waals surface area contributed by atoms with E-state index < -0.39 is 0 Å². The van der Waals surface area contributed by atoms with E-state index in [1.807, 2.05) is 0 Å². The van der Waals surface area contributed by atoms with E-state index in [-0.39, 0.29) is 11.4 Å². The molecule has 0 saturated heterocycles. The van der Waals surface area contributed by atoms with Crippen molar-refractivity contribution in [1.82, 2.24) is 0 Å². The molecule has 0 aliphatic heterocycles. The molecule has 0 saturated carbocycles. The van der Waals surface area contributed by atoms with Crippen LogP contribution in [0.2, 0.25) is 0 Å². The highest BCUT2D eigenvalue weighted by molar-refractivity contribution is 5.76. The minimum absolute atomic E-state index is 0.0600. The Labute approximate surface area is 196 Å². The summed E-state index contributed by atoms with van der Waals surface area (Å²) in [5, 5.41) is 0. The standard InChI is InChI=1S/C29H58O2/c1-5-8-10-12-14-16-17-19-21-23-26-29(4,25-7-3)28(30)31-27-24-22-20-18-15-13-11-9-6-2/h5-27H2,1-4H3. The fraction of sp³-hybridized carbons (Fsp3) is 0.966. The van der Waals surface area contributed by atoms with Crippen LogP contribution in [0.4, 0.5) is 0 Å². The Hall–Kier alpha value is -0.530. The molecule has 0 spiro atoms. The molecule has 1 atom stereocenters. The van der Waals surface area contributed by atoms with Gasteiger partial charge in [-0.2, -0.15) is 0 Å². The summed E-state index contributed by atoms with van der Waals surface area (Å²) in [6, 6.07) is 0. The van der Waals surface area contributed by atoms with E-state index in [1.165, 1.54) is 116 Å². The zero-order valence-electron chi connectivity index (χ0n) is 22.1. The van der Waals surface area contributed by atoms with Crippen molar-refractivity contribution in [2.75, 3.05) is 6.61 Å². The molecular weight excluding hydrogens is 380 g/mol. The molecule has 2 heteroatoms. The highest BCUT2D eigenvalue weighted by Crippen LogP contribution is 2.32. The summed E-state index contributed by atoms with van der Waals surface area (Å²) >= 11 is 0. The Morgan fingerprint density at radius 1 is 0.516 bits per heavy atom. The van der Waals surface area contributed by atoms with Crippen LogP contribution in [0.5, 0.6) is 0 Å². The number of carbonyl (C=O) groups excluding carboxylic acids is 1. The van der Waals surface area contributed by atoms with Crippen LogP contribution in [0.25, 0.3) is 0 Å². The van der Waals surface area contributed by atoms with Gasteiger partial charge in [-0.1, -0.05) is 143 Å². The molecule has 0 rings (SSSR count). The Balaban J connectivity index is 3.80. The Kier molecular flexibility index (Phi) is 22.3. The first-order valence-electron chi connectivity index (χ1n) is 14.3. The van der Waals surface area contributed by atoms with Crippen LogP contribution in [-0.4, -0.2) is 12.6 Å². The average molecular weight is 439 g/mol. The molecule has 0 bridgehead atoms. The predicted molar refractivity (Wildman–Crippen MR) is 138 cm³/mol. The molecule has 0 N–H and O–H groups in total. The van der Waals surface area contributed by atoms with Gasteiger partial charge in [0.25, 0.3) is 0 Å². The van der Waals surface area contributed by atoms with Crippen molar-refractivity contribution >= 4 is 5.97 Å². The van der Waals surface area contributed by atoms with E-state index in [0.717, 1.165) is 25.7 Å². The topological polar surface area (TPSA) is 26.3 Å². The number of rotatable bonds is 24. The largest absolute Gasteiger partial charge is 0.465 e. The third-order valence-corrected chi connectivity index (χ3v) is 6.86. The minimum atomic E-state index is -0.270. The van der Waals surface area contributed by atoms with Crippen molar-refractivity contribution < 1.29 is 9.53 Å². The lowest BCUT2D eigenvalue weighted by molar-refractivity contribution is -0.156. The van der Waals surface area contributed by atoms with Crippen LogP contribution in [0.15, 0.2) is 0 Å². The molecule has 0 heterocycles. The second-order valence-corrected chi connectivity index (χ2v) is 10.2. The van der Waals surface area contributed by atoms with Crippen LogP contribution in [0, 0.1) is 5.41 Å². The molecule has 1 unspecified atom stereocenters. The average Bonchev–Trinajstić information content (AvgIpc) is 2.76. The summed E-state index contributed by atoms with van der Waals surface area (Å²) in [5.41, 5.74) is -0.270. The van der Waals surface area contributed by atoms with Crippen LogP contribution in [-0.2, 0) is 9.53 Å². The highest BCUT2D eigenvalue weighted by Gasteiger charge is 2.33. The lowest BCUT2D eigenvalue weighted by Crippen LogP contribution is -2.30. The van der Waals surface area contributed by atoms with E-state index >= 15 is 0 Å². The van der Waals surface area contributed by atoms with Gasteiger partial charge in [0.15, 0.2) is 0 Å². The van der Waals surface area contributed by atoms with Crippen molar-refractivity contribution in [2.24, 2.45) is 5.41 Å². The fourth-order valence-electron chi connectivity index (χ4n) is 4.64. The summed E-state index contributed by atoms with van der Waals surface area (Å²) in [6.07, 6.45) is 28.2. The third kappa shape index (κ3) is 18.7. The molecule has 186 valence electrons. The maximum absolute atomic E-state index is 12.8. The molecule has 0 amide bonds. The van der Waals surface area contributed by atoms with Gasteiger partial charge in [-0.25, -0.2) is 0 Å². The molecule has 0 radical (unpaired) electrons. The van der Waals surface area contributed by atoms with Gasteiger partial charge in [0.05, 0.1) is 12.0 Å². The first-order valence-corrected chi connectivity index (χ1v) is 14.3. The van der Waals surface area contributed by atoms with Crippen molar-refractivity contribution in [3.05, 3.63) is 0 Å². The van der Waals surface area contributed by atoms with Gasteiger partial charge < -0.3 is 4.74 Å². The second-order valence-electron chi connectivity index (χ2n) is 10.2. The summed E-state index contributed by atoms with van der Waals surface area (Å²) in [6.45, 7) is 9.49. The van der Waals surface area contributed by atoms with Crippen LogP contribution in [0.1, 0.15) is 169 Å². The highest BCUT2D eigenvalue weighted by atomic mass is 16.5. The third-order valence-electron chi connectivity index (χ3n) is 6.86. The van der Waals surface area contributed by atoms with Gasteiger partial charge in [0, 0.05) is 0 Å². The van der Waals surface area contributed by atoms with Gasteiger partial charge in [-0.15, -0.1) is 0 Å². The molecule has 0 fully saturated rings. The Morgan fingerprint density at radius 3 is 1.32 bits per heavy atom. The van der Waals surface area contributed by atoms with E-state index in [4.69, 9.17) is 4.74 Å². The van der Waals surface area contributed by atoms with Gasteiger partial charge in [0.1, 0.15) is 0 Å². The van der Waals surface area contributed by atoms with Crippen molar-refractivity contribution in [1.29, 1.82) is 0 Å². The monoisotopic (exact) mass is 438 g/mol. The number of hydrogen-bond acceptors (Lipinski definition) is 2. The number of unbranched alkanes of at least 4 members (excludes halogenated alkanes) is 17. The quantitative estimate of drug-likeness (QED) is 0.111. The zero-order chi connectivity index (χ0) is 23.0. The number of esters is 1. The normalized spacial score (nSPS) is 13.3. The molecule has 0 aromatic rings. The lowest BCUT2D eigenvalue weighted by atomic mass is 9.80. The fourth-order valence-corrected chi connectivity index (χ4v) is 4.64. The van der Waals surface area contributed by atoms with Gasteiger partial charge in [-0.3, -0.25) is 4.79 Å². The van der Waals surface area contributed by atoms with Crippen LogP contribution in [0.3, 0.4) is 0 Å². The lowest BCUT2D eigenvalue weighted by Gasteiger charge is -2.27. The SMILES string of the molecule is CCCCCCCCCCCCC(C)(CCC)C(=O)OCCCCCCCCCCC.